The Bertz CT molecular complexity index is 607. The van der Waals surface area contributed by atoms with Gasteiger partial charge in [0, 0.05) is 30.2 Å². The first kappa shape index (κ1) is 14.2. The van der Waals surface area contributed by atoms with E-state index in [9.17, 15) is 10.1 Å². The second-order valence-electron chi connectivity index (χ2n) is 4.48. The second-order valence-corrected chi connectivity index (χ2v) is 4.48. The molecule has 6 heteroatoms. The van der Waals surface area contributed by atoms with Crippen molar-refractivity contribution in [3.05, 3.63) is 46.0 Å². The molecule has 1 aromatic carbocycles. The van der Waals surface area contributed by atoms with Crippen molar-refractivity contribution in [1.29, 1.82) is 0 Å². The molecule has 0 radical (unpaired) electrons. The van der Waals surface area contributed by atoms with Crippen LogP contribution in [-0.2, 0) is 6.42 Å². The highest BCUT2D eigenvalue weighted by molar-refractivity contribution is 5.62. The van der Waals surface area contributed by atoms with Gasteiger partial charge in [-0.3, -0.25) is 10.1 Å². The number of nitrogens with zero attached hydrogens (tertiary/aromatic N) is 2. The minimum absolute atomic E-state index is 0.0908. The van der Waals surface area contributed by atoms with Gasteiger partial charge in [0.2, 0.25) is 0 Å². The van der Waals surface area contributed by atoms with E-state index in [2.05, 4.69) is 10.3 Å². The quantitative estimate of drug-likeness (QED) is 0.498. The molecule has 1 aromatic heterocycles. The summed E-state index contributed by atoms with van der Waals surface area (Å²) in [6, 6.07) is 5.04. The van der Waals surface area contributed by atoms with Gasteiger partial charge in [0.25, 0.3) is 5.69 Å². The Balaban J connectivity index is 2.19. The lowest BCUT2D eigenvalue weighted by Gasteiger charge is -2.00. The molecule has 0 atom stereocenters. The van der Waals surface area contributed by atoms with Gasteiger partial charge in [0.1, 0.15) is 0 Å². The van der Waals surface area contributed by atoms with Crippen molar-refractivity contribution in [2.75, 3.05) is 13.1 Å². The molecule has 0 bridgehead atoms. The number of oxazole rings is 1. The predicted molar refractivity (Wildman–Crippen MR) is 75.6 cm³/mol. The summed E-state index contributed by atoms with van der Waals surface area (Å²) in [5.41, 5.74) is 1.39. The molecule has 0 fully saturated rings. The molecular weight excluding hydrogens is 258 g/mol. The van der Waals surface area contributed by atoms with Gasteiger partial charge in [0.15, 0.2) is 11.7 Å². The van der Waals surface area contributed by atoms with Crippen molar-refractivity contribution < 1.29 is 9.34 Å². The fourth-order valence-corrected chi connectivity index (χ4v) is 1.89. The molecular formula is C14H17N3O3. The van der Waals surface area contributed by atoms with E-state index in [4.69, 9.17) is 4.42 Å². The summed E-state index contributed by atoms with van der Waals surface area (Å²) in [5, 5.41) is 14.1. The van der Waals surface area contributed by atoms with Crippen molar-refractivity contribution >= 4 is 5.69 Å². The van der Waals surface area contributed by atoms with E-state index in [1.165, 1.54) is 6.07 Å². The van der Waals surface area contributed by atoms with E-state index in [-0.39, 0.29) is 10.6 Å². The lowest BCUT2D eigenvalue weighted by molar-refractivity contribution is -0.385. The molecule has 0 aliphatic carbocycles. The highest BCUT2D eigenvalue weighted by Gasteiger charge is 2.14. The first-order chi connectivity index (χ1) is 9.61. The number of nitro groups is 1. The first-order valence-corrected chi connectivity index (χ1v) is 6.52. The zero-order valence-corrected chi connectivity index (χ0v) is 11.5. The average molecular weight is 275 g/mol. The van der Waals surface area contributed by atoms with Crippen LogP contribution in [0, 0.1) is 17.0 Å². The van der Waals surface area contributed by atoms with Crippen LogP contribution in [0.3, 0.4) is 0 Å². The minimum atomic E-state index is -0.388. The van der Waals surface area contributed by atoms with Crippen molar-refractivity contribution in [1.82, 2.24) is 10.3 Å². The molecule has 2 aromatic rings. The minimum Gasteiger partial charge on any atom is -0.441 e. The highest BCUT2D eigenvalue weighted by atomic mass is 16.6. The highest BCUT2D eigenvalue weighted by Crippen LogP contribution is 2.27. The Hall–Kier alpha value is -2.21. The summed E-state index contributed by atoms with van der Waals surface area (Å²) in [6.07, 6.45) is 2.30. The molecule has 6 nitrogen and oxygen atoms in total. The smallest absolute Gasteiger partial charge is 0.273 e. The zero-order valence-electron chi connectivity index (χ0n) is 11.5. The third-order valence-electron chi connectivity index (χ3n) is 3.01. The average Bonchev–Trinajstić information content (AvgIpc) is 2.88. The van der Waals surface area contributed by atoms with Crippen LogP contribution < -0.4 is 5.32 Å². The Labute approximate surface area is 117 Å². The number of benzene rings is 1. The van der Waals surface area contributed by atoms with Gasteiger partial charge in [-0.2, -0.15) is 0 Å². The summed E-state index contributed by atoms with van der Waals surface area (Å²) in [6.45, 7) is 5.44. The Kier molecular flexibility index (Phi) is 4.47. The van der Waals surface area contributed by atoms with Gasteiger partial charge < -0.3 is 9.73 Å². The lowest BCUT2D eigenvalue weighted by atomic mass is 10.1. The number of hydrogen-bond donors (Lipinski definition) is 1. The van der Waals surface area contributed by atoms with E-state index >= 15 is 0 Å². The van der Waals surface area contributed by atoms with Gasteiger partial charge in [-0.05, 0) is 13.5 Å². The summed E-state index contributed by atoms with van der Waals surface area (Å²) in [4.78, 5) is 14.7. The van der Waals surface area contributed by atoms with Gasteiger partial charge in [-0.25, -0.2) is 4.98 Å². The molecule has 1 heterocycles. The third-order valence-corrected chi connectivity index (χ3v) is 3.01. The number of rotatable bonds is 6. The van der Waals surface area contributed by atoms with E-state index in [1.54, 1.807) is 25.3 Å². The van der Waals surface area contributed by atoms with E-state index < -0.39 is 0 Å². The number of nitrogens with one attached hydrogen (secondary N) is 1. The molecule has 1 N–H and O–H groups in total. The van der Waals surface area contributed by atoms with Crippen LogP contribution in [0.2, 0.25) is 0 Å². The summed E-state index contributed by atoms with van der Waals surface area (Å²) in [5.74, 6) is 1.18. The molecule has 0 saturated heterocycles. The number of nitro benzene ring substituents is 1. The largest absolute Gasteiger partial charge is 0.441 e. The van der Waals surface area contributed by atoms with Crippen LogP contribution >= 0.6 is 0 Å². The summed E-state index contributed by atoms with van der Waals surface area (Å²) < 4.78 is 5.62. The van der Waals surface area contributed by atoms with Crippen LogP contribution in [0.15, 0.2) is 28.8 Å². The Morgan fingerprint density at radius 3 is 2.95 bits per heavy atom. The summed E-state index contributed by atoms with van der Waals surface area (Å²) in [7, 11) is 0. The lowest BCUT2D eigenvalue weighted by Crippen LogP contribution is -2.16. The topological polar surface area (TPSA) is 81.2 Å². The van der Waals surface area contributed by atoms with Crippen LogP contribution in [0.25, 0.3) is 11.3 Å². The zero-order chi connectivity index (χ0) is 14.5. The molecule has 0 saturated carbocycles. The van der Waals surface area contributed by atoms with Crippen LogP contribution in [-0.4, -0.2) is 23.0 Å². The van der Waals surface area contributed by atoms with Gasteiger partial charge in [-0.1, -0.05) is 19.1 Å². The molecule has 0 amide bonds. The molecule has 20 heavy (non-hydrogen) atoms. The van der Waals surface area contributed by atoms with Crippen LogP contribution in [0.4, 0.5) is 5.69 Å². The maximum absolute atomic E-state index is 10.9. The Morgan fingerprint density at radius 1 is 1.45 bits per heavy atom. The van der Waals surface area contributed by atoms with Crippen molar-refractivity contribution in [2.45, 2.75) is 20.3 Å². The number of hydrogen-bond acceptors (Lipinski definition) is 5. The van der Waals surface area contributed by atoms with Crippen molar-refractivity contribution in [2.24, 2.45) is 0 Å². The van der Waals surface area contributed by atoms with E-state index in [0.29, 0.717) is 29.2 Å². The predicted octanol–water partition coefficient (Wildman–Crippen LogP) is 2.71. The fraction of sp³-hybridized carbons (Fsp3) is 0.357. The normalized spacial score (nSPS) is 10.7. The van der Waals surface area contributed by atoms with Gasteiger partial charge >= 0.3 is 0 Å². The van der Waals surface area contributed by atoms with Gasteiger partial charge in [-0.15, -0.1) is 0 Å². The molecule has 0 aliphatic rings. The van der Waals surface area contributed by atoms with Crippen molar-refractivity contribution in [3.8, 4) is 11.3 Å². The number of likely N-dealkylation sites (N-methyl/N-ethyl adjacent to an activating group) is 1. The second kappa shape index (κ2) is 6.29. The monoisotopic (exact) mass is 275 g/mol. The maximum atomic E-state index is 10.9. The van der Waals surface area contributed by atoms with Gasteiger partial charge in [0.05, 0.1) is 11.1 Å². The number of aryl methyl sites for hydroxylation is 1. The Morgan fingerprint density at radius 2 is 2.25 bits per heavy atom. The van der Waals surface area contributed by atoms with Crippen LogP contribution in [0.1, 0.15) is 18.4 Å². The SMILES string of the molecule is CCNCCc1ncc(-c2ccc(C)c([N+](=O)[O-])c2)o1. The third kappa shape index (κ3) is 3.21. The summed E-state index contributed by atoms with van der Waals surface area (Å²) >= 11 is 0. The molecule has 0 aliphatic heterocycles. The fourth-order valence-electron chi connectivity index (χ4n) is 1.89. The molecule has 0 unspecified atom stereocenters. The maximum Gasteiger partial charge on any atom is 0.273 e. The molecule has 0 spiro atoms. The molecule has 106 valence electrons. The standard InChI is InChI=1S/C14H17N3O3/c1-3-15-7-6-14-16-9-13(20-14)11-5-4-10(2)12(8-11)17(18)19/h4-5,8-9,15H,3,6-7H2,1-2H3. The van der Waals surface area contributed by atoms with Crippen LogP contribution in [0.5, 0.6) is 0 Å². The van der Waals surface area contributed by atoms with Crippen molar-refractivity contribution in [3.63, 3.8) is 0 Å². The molecule has 2 rings (SSSR count). The number of aromatic nitrogens is 1. The first-order valence-electron chi connectivity index (χ1n) is 6.52. The van der Waals surface area contributed by atoms with E-state index in [1.807, 2.05) is 6.92 Å². The van der Waals surface area contributed by atoms with E-state index in [0.717, 1.165) is 13.1 Å².